The SMILES string of the molecule is COc1ccc(/C=C2/SC(=O)N(CC(=O)Nc3ccc(F)c(F)c3F)C2=O)c(OC)c1. The molecular weight excluding hydrogens is 437 g/mol. The second kappa shape index (κ2) is 9.13. The summed E-state index contributed by atoms with van der Waals surface area (Å²) in [6.45, 7) is -0.736. The Labute approximate surface area is 178 Å². The van der Waals surface area contributed by atoms with Crippen LogP contribution in [0.5, 0.6) is 11.5 Å². The van der Waals surface area contributed by atoms with Crippen LogP contribution in [-0.2, 0) is 9.59 Å². The van der Waals surface area contributed by atoms with Crippen LogP contribution in [0, 0.1) is 17.5 Å². The number of rotatable bonds is 6. The zero-order chi connectivity index (χ0) is 22.7. The standard InChI is InChI=1S/C20H15F3N2O5S/c1-29-11-4-3-10(14(8-11)30-2)7-15-19(27)25(20(28)31-15)9-16(26)24-13-6-5-12(21)17(22)18(13)23/h3-8H,9H2,1-2H3,(H,24,26)/b15-7+. The molecular formula is C20H15F3N2O5S. The summed E-state index contributed by atoms with van der Waals surface area (Å²) in [4.78, 5) is 37.6. The van der Waals surface area contributed by atoms with Crippen molar-refractivity contribution in [1.82, 2.24) is 4.90 Å². The van der Waals surface area contributed by atoms with Gasteiger partial charge in [0.1, 0.15) is 18.0 Å². The number of hydrogen-bond acceptors (Lipinski definition) is 6. The van der Waals surface area contributed by atoms with Crippen LogP contribution in [0.25, 0.3) is 6.08 Å². The van der Waals surface area contributed by atoms with Crippen molar-refractivity contribution in [2.75, 3.05) is 26.1 Å². The van der Waals surface area contributed by atoms with E-state index in [1.165, 1.54) is 20.3 Å². The highest BCUT2D eigenvalue weighted by molar-refractivity contribution is 8.18. The van der Waals surface area contributed by atoms with Crippen molar-refractivity contribution in [3.05, 3.63) is 58.3 Å². The van der Waals surface area contributed by atoms with Crippen LogP contribution < -0.4 is 14.8 Å². The lowest BCUT2D eigenvalue weighted by atomic mass is 10.1. The summed E-state index contributed by atoms with van der Waals surface area (Å²) in [6.07, 6.45) is 1.43. The molecule has 1 saturated heterocycles. The first-order chi connectivity index (χ1) is 14.7. The molecule has 0 atom stereocenters. The van der Waals surface area contributed by atoms with Gasteiger partial charge in [0.05, 0.1) is 24.8 Å². The lowest BCUT2D eigenvalue weighted by Crippen LogP contribution is -2.36. The number of hydrogen-bond donors (Lipinski definition) is 1. The van der Waals surface area contributed by atoms with Crippen molar-refractivity contribution in [1.29, 1.82) is 0 Å². The molecule has 7 nitrogen and oxygen atoms in total. The highest BCUT2D eigenvalue weighted by Crippen LogP contribution is 2.35. The second-order valence-electron chi connectivity index (χ2n) is 6.15. The molecule has 1 heterocycles. The van der Waals surface area contributed by atoms with Crippen molar-refractivity contribution in [2.45, 2.75) is 0 Å². The average Bonchev–Trinajstić information content (AvgIpc) is 3.01. The van der Waals surface area contributed by atoms with Gasteiger partial charge in [-0.3, -0.25) is 19.3 Å². The first-order valence-corrected chi connectivity index (χ1v) is 9.47. The van der Waals surface area contributed by atoms with E-state index in [2.05, 4.69) is 0 Å². The van der Waals surface area contributed by atoms with Gasteiger partial charge in [0.15, 0.2) is 17.5 Å². The number of carbonyl (C=O) groups excluding carboxylic acids is 3. The van der Waals surface area contributed by atoms with Crippen LogP contribution in [0.15, 0.2) is 35.2 Å². The Balaban J connectivity index is 1.76. The van der Waals surface area contributed by atoms with Gasteiger partial charge in [-0.25, -0.2) is 13.2 Å². The molecule has 3 rings (SSSR count). The summed E-state index contributed by atoms with van der Waals surface area (Å²) < 4.78 is 50.3. The van der Waals surface area contributed by atoms with Crippen LogP contribution in [-0.4, -0.2) is 42.7 Å². The zero-order valence-electron chi connectivity index (χ0n) is 16.2. The van der Waals surface area contributed by atoms with Crippen LogP contribution >= 0.6 is 11.8 Å². The van der Waals surface area contributed by atoms with E-state index in [1.54, 1.807) is 18.2 Å². The van der Waals surface area contributed by atoms with Gasteiger partial charge in [-0.15, -0.1) is 0 Å². The van der Waals surface area contributed by atoms with E-state index in [0.29, 0.717) is 39.8 Å². The molecule has 0 unspecified atom stereocenters. The summed E-state index contributed by atoms with van der Waals surface area (Å²) in [5.41, 5.74) is -0.114. The topological polar surface area (TPSA) is 84.9 Å². The largest absolute Gasteiger partial charge is 0.497 e. The maximum absolute atomic E-state index is 13.7. The van der Waals surface area contributed by atoms with E-state index >= 15 is 0 Å². The molecule has 2 aromatic carbocycles. The van der Waals surface area contributed by atoms with Gasteiger partial charge in [0.2, 0.25) is 5.91 Å². The summed E-state index contributed by atoms with van der Waals surface area (Å²) in [5.74, 6) is -5.53. The van der Waals surface area contributed by atoms with Gasteiger partial charge in [-0.05, 0) is 42.1 Å². The summed E-state index contributed by atoms with van der Waals surface area (Å²) in [7, 11) is 2.91. The Morgan fingerprint density at radius 2 is 1.84 bits per heavy atom. The van der Waals surface area contributed by atoms with Crippen molar-refractivity contribution < 1.29 is 37.0 Å². The Morgan fingerprint density at radius 3 is 2.52 bits per heavy atom. The smallest absolute Gasteiger partial charge is 0.294 e. The molecule has 2 aromatic rings. The number of halogens is 3. The fourth-order valence-corrected chi connectivity index (χ4v) is 3.50. The first kappa shape index (κ1) is 22.2. The van der Waals surface area contributed by atoms with Crippen molar-refractivity contribution >= 4 is 40.6 Å². The van der Waals surface area contributed by atoms with E-state index in [1.807, 2.05) is 5.32 Å². The quantitative estimate of drug-likeness (QED) is 0.530. The Hall–Kier alpha value is -3.47. The number of carbonyl (C=O) groups is 3. The minimum absolute atomic E-state index is 0.0419. The molecule has 1 fully saturated rings. The number of methoxy groups -OCH3 is 2. The summed E-state index contributed by atoms with van der Waals surface area (Å²) >= 11 is 0.610. The van der Waals surface area contributed by atoms with E-state index < -0.39 is 46.7 Å². The number of ether oxygens (including phenoxy) is 2. The predicted octanol–water partition coefficient (Wildman–Crippen LogP) is 3.80. The number of imide groups is 1. The average molecular weight is 452 g/mol. The normalized spacial score (nSPS) is 14.9. The molecule has 1 aliphatic heterocycles. The lowest BCUT2D eigenvalue weighted by molar-refractivity contribution is -0.127. The highest BCUT2D eigenvalue weighted by Gasteiger charge is 2.36. The first-order valence-electron chi connectivity index (χ1n) is 8.66. The lowest BCUT2D eigenvalue weighted by Gasteiger charge is -2.13. The van der Waals surface area contributed by atoms with E-state index in [0.717, 1.165) is 6.07 Å². The monoisotopic (exact) mass is 452 g/mol. The fourth-order valence-electron chi connectivity index (χ4n) is 2.67. The van der Waals surface area contributed by atoms with Gasteiger partial charge < -0.3 is 14.8 Å². The third-order valence-electron chi connectivity index (χ3n) is 4.21. The molecule has 0 spiro atoms. The molecule has 162 valence electrons. The number of amides is 3. The minimum atomic E-state index is -1.75. The second-order valence-corrected chi connectivity index (χ2v) is 7.14. The van der Waals surface area contributed by atoms with Crippen molar-refractivity contribution in [3.63, 3.8) is 0 Å². The zero-order valence-corrected chi connectivity index (χ0v) is 17.0. The van der Waals surface area contributed by atoms with Gasteiger partial charge in [0.25, 0.3) is 11.1 Å². The van der Waals surface area contributed by atoms with Crippen molar-refractivity contribution in [3.8, 4) is 11.5 Å². The molecule has 0 aliphatic carbocycles. The summed E-state index contributed by atoms with van der Waals surface area (Å²) in [5, 5.41) is 1.29. The number of anilines is 1. The van der Waals surface area contributed by atoms with Crippen LogP contribution in [0.4, 0.5) is 23.7 Å². The van der Waals surface area contributed by atoms with Crippen LogP contribution in [0.2, 0.25) is 0 Å². The molecule has 1 aliphatic rings. The van der Waals surface area contributed by atoms with E-state index in [-0.39, 0.29) is 4.91 Å². The van der Waals surface area contributed by atoms with E-state index in [9.17, 15) is 27.6 Å². The number of benzene rings is 2. The number of nitrogens with zero attached hydrogens (tertiary/aromatic N) is 1. The molecule has 0 radical (unpaired) electrons. The Bertz CT molecular complexity index is 1110. The molecule has 0 saturated carbocycles. The predicted molar refractivity (Wildman–Crippen MR) is 107 cm³/mol. The minimum Gasteiger partial charge on any atom is -0.497 e. The van der Waals surface area contributed by atoms with Crippen LogP contribution in [0.1, 0.15) is 5.56 Å². The van der Waals surface area contributed by atoms with Gasteiger partial charge in [0, 0.05) is 11.6 Å². The Morgan fingerprint density at radius 1 is 1.10 bits per heavy atom. The third kappa shape index (κ3) is 4.66. The van der Waals surface area contributed by atoms with Gasteiger partial charge in [-0.2, -0.15) is 0 Å². The summed E-state index contributed by atoms with van der Waals surface area (Å²) in [6, 6.07) is 6.33. The maximum Gasteiger partial charge on any atom is 0.294 e. The molecule has 31 heavy (non-hydrogen) atoms. The number of nitrogens with one attached hydrogen (secondary N) is 1. The fraction of sp³-hybridized carbons (Fsp3) is 0.150. The maximum atomic E-state index is 13.7. The third-order valence-corrected chi connectivity index (χ3v) is 5.12. The molecule has 3 amide bonds. The Kier molecular flexibility index (Phi) is 6.54. The molecule has 0 bridgehead atoms. The molecule has 1 N–H and O–H groups in total. The van der Waals surface area contributed by atoms with Gasteiger partial charge in [-0.1, -0.05) is 0 Å². The van der Waals surface area contributed by atoms with Gasteiger partial charge >= 0.3 is 0 Å². The van der Waals surface area contributed by atoms with Crippen LogP contribution in [0.3, 0.4) is 0 Å². The number of thioether (sulfide) groups is 1. The molecule has 11 heteroatoms. The molecule has 0 aromatic heterocycles. The highest BCUT2D eigenvalue weighted by atomic mass is 32.2. The van der Waals surface area contributed by atoms with Crippen molar-refractivity contribution in [2.24, 2.45) is 0 Å². The van der Waals surface area contributed by atoms with E-state index in [4.69, 9.17) is 9.47 Å².